The summed E-state index contributed by atoms with van der Waals surface area (Å²) in [5, 5.41) is 0. The summed E-state index contributed by atoms with van der Waals surface area (Å²) in [6.45, 7) is 0. The van der Waals surface area contributed by atoms with E-state index < -0.39 is 0 Å². The minimum Gasteiger partial charge on any atom is -0.294 e. The van der Waals surface area contributed by atoms with Gasteiger partial charge in [-0.1, -0.05) is 31.4 Å². The first-order valence-corrected chi connectivity index (χ1v) is 6.12. The molecule has 2 rings (SSSR count). The fourth-order valence-corrected chi connectivity index (χ4v) is 2.28. The van der Waals surface area contributed by atoms with Crippen LogP contribution in [0.3, 0.4) is 0 Å². The highest BCUT2D eigenvalue weighted by molar-refractivity contribution is 14.1. The van der Waals surface area contributed by atoms with Crippen LogP contribution >= 0.6 is 22.6 Å². The SMILES string of the molecule is O=C(CC1CCC1)c1cccc(I)c1. The predicted molar refractivity (Wildman–Crippen MR) is 65.4 cm³/mol. The van der Waals surface area contributed by atoms with E-state index >= 15 is 0 Å². The van der Waals surface area contributed by atoms with Crippen LogP contribution in [0.15, 0.2) is 24.3 Å². The molecular weight excluding hydrogens is 287 g/mol. The smallest absolute Gasteiger partial charge is 0.163 e. The molecule has 0 heterocycles. The molecule has 1 nitrogen and oxygen atoms in total. The minimum atomic E-state index is 0.313. The summed E-state index contributed by atoms with van der Waals surface area (Å²) in [6, 6.07) is 7.86. The Balaban J connectivity index is 2.02. The first kappa shape index (κ1) is 10.1. The van der Waals surface area contributed by atoms with E-state index in [1.807, 2.05) is 24.3 Å². The van der Waals surface area contributed by atoms with E-state index in [0.717, 1.165) is 15.6 Å². The van der Waals surface area contributed by atoms with E-state index in [2.05, 4.69) is 22.6 Å². The number of carbonyl (C=O) groups is 1. The van der Waals surface area contributed by atoms with Crippen molar-refractivity contribution in [2.75, 3.05) is 0 Å². The Bertz CT molecular complexity index is 342. The van der Waals surface area contributed by atoms with Crippen LogP contribution in [0, 0.1) is 9.49 Å². The third kappa shape index (κ3) is 2.35. The number of carbonyl (C=O) groups excluding carboxylic acids is 1. The van der Waals surface area contributed by atoms with Crippen LogP contribution in [-0.4, -0.2) is 5.78 Å². The zero-order valence-electron chi connectivity index (χ0n) is 8.00. The van der Waals surface area contributed by atoms with Crippen molar-refractivity contribution in [2.45, 2.75) is 25.7 Å². The van der Waals surface area contributed by atoms with Crippen molar-refractivity contribution in [3.63, 3.8) is 0 Å². The fourth-order valence-electron chi connectivity index (χ4n) is 1.74. The third-order valence-corrected chi connectivity index (χ3v) is 3.52. The second kappa shape index (κ2) is 4.43. The minimum absolute atomic E-state index is 0.313. The van der Waals surface area contributed by atoms with Crippen LogP contribution < -0.4 is 0 Å². The first-order valence-electron chi connectivity index (χ1n) is 5.04. The lowest BCUT2D eigenvalue weighted by Crippen LogP contribution is -2.15. The maximum atomic E-state index is 11.8. The molecule has 0 saturated heterocycles. The molecule has 1 aliphatic carbocycles. The summed E-state index contributed by atoms with van der Waals surface area (Å²) < 4.78 is 1.14. The number of ketones is 1. The molecule has 1 saturated carbocycles. The quantitative estimate of drug-likeness (QED) is 0.615. The molecule has 74 valence electrons. The molecule has 1 aliphatic rings. The van der Waals surface area contributed by atoms with E-state index in [9.17, 15) is 4.79 Å². The van der Waals surface area contributed by atoms with E-state index in [1.165, 1.54) is 19.3 Å². The van der Waals surface area contributed by atoms with Crippen LogP contribution in [0.1, 0.15) is 36.0 Å². The van der Waals surface area contributed by atoms with Gasteiger partial charge in [-0.05, 0) is 40.6 Å². The maximum absolute atomic E-state index is 11.8. The molecule has 0 bridgehead atoms. The van der Waals surface area contributed by atoms with Gasteiger partial charge in [-0.3, -0.25) is 4.79 Å². The van der Waals surface area contributed by atoms with Gasteiger partial charge in [0.25, 0.3) is 0 Å². The Morgan fingerprint density at radius 1 is 1.43 bits per heavy atom. The Kier molecular flexibility index (Phi) is 3.21. The monoisotopic (exact) mass is 300 g/mol. The standard InChI is InChI=1S/C12H13IO/c13-11-6-2-5-10(8-11)12(14)7-9-3-1-4-9/h2,5-6,8-9H,1,3-4,7H2. The summed E-state index contributed by atoms with van der Waals surface area (Å²) in [6.07, 6.45) is 4.55. The molecule has 0 radical (unpaired) electrons. The predicted octanol–water partition coefficient (Wildman–Crippen LogP) is 3.66. The molecule has 1 aromatic carbocycles. The van der Waals surface area contributed by atoms with Gasteiger partial charge >= 0.3 is 0 Å². The lowest BCUT2D eigenvalue weighted by atomic mass is 9.81. The topological polar surface area (TPSA) is 17.1 Å². The first-order chi connectivity index (χ1) is 6.75. The van der Waals surface area contributed by atoms with Gasteiger partial charge in [0.15, 0.2) is 5.78 Å². The maximum Gasteiger partial charge on any atom is 0.163 e. The molecule has 1 fully saturated rings. The second-order valence-corrected chi connectivity index (χ2v) is 5.18. The molecule has 0 atom stereocenters. The van der Waals surface area contributed by atoms with Gasteiger partial charge in [0.1, 0.15) is 0 Å². The number of hydrogen-bond acceptors (Lipinski definition) is 1. The average molecular weight is 300 g/mol. The van der Waals surface area contributed by atoms with Crippen molar-refractivity contribution in [3.8, 4) is 0 Å². The average Bonchev–Trinajstić information content (AvgIpc) is 2.11. The molecular formula is C12H13IO. The highest BCUT2D eigenvalue weighted by atomic mass is 127. The molecule has 14 heavy (non-hydrogen) atoms. The van der Waals surface area contributed by atoms with Crippen LogP contribution in [0.25, 0.3) is 0 Å². The van der Waals surface area contributed by atoms with Crippen molar-refractivity contribution < 1.29 is 4.79 Å². The molecule has 0 spiro atoms. The molecule has 0 aromatic heterocycles. The second-order valence-electron chi connectivity index (χ2n) is 3.93. The lowest BCUT2D eigenvalue weighted by molar-refractivity contribution is 0.0936. The summed E-state index contributed by atoms with van der Waals surface area (Å²) >= 11 is 2.24. The Hall–Kier alpha value is -0.380. The normalized spacial score (nSPS) is 16.4. The summed E-state index contributed by atoms with van der Waals surface area (Å²) in [5.41, 5.74) is 0.879. The van der Waals surface area contributed by atoms with E-state index in [-0.39, 0.29) is 0 Å². The van der Waals surface area contributed by atoms with Gasteiger partial charge in [-0.2, -0.15) is 0 Å². The highest BCUT2D eigenvalue weighted by Crippen LogP contribution is 2.30. The zero-order chi connectivity index (χ0) is 9.97. The number of halogens is 1. The summed E-state index contributed by atoms with van der Waals surface area (Å²) in [4.78, 5) is 11.8. The zero-order valence-corrected chi connectivity index (χ0v) is 10.2. The van der Waals surface area contributed by atoms with Crippen LogP contribution in [-0.2, 0) is 0 Å². The van der Waals surface area contributed by atoms with Gasteiger partial charge in [0.05, 0.1) is 0 Å². The van der Waals surface area contributed by atoms with Gasteiger partial charge in [0, 0.05) is 15.6 Å². The Morgan fingerprint density at radius 3 is 2.79 bits per heavy atom. The number of rotatable bonds is 3. The van der Waals surface area contributed by atoms with Crippen LogP contribution in [0.4, 0.5) is 0 Å². The molecule has 0 N–H and O–H groups in total. The van der Waals surface area contributed by atoms with E-state index in [4.69, 9.17) is 0 Å². The molecule has 2 heteroatoms. The summed E-state index contributed by atoms with van der Waals surface area (Å²) in [5.74, 6) is 0.980. The molecule has 0 amide bonds. The van der Waals surface area contributed by atoms with Crippen LogP contribution in [0.2, 0.25) is 0 Å². The Morgan fingerprint density at radius 2 is 2.21 bits per heavy atom. The van der Waals surface area contributed by atoms with Crippen molar-refractivity contribution in [2.24, 2.45) is 5.92 Å². The van der Waals surface area contributed by atoms with E-state index in [0.29, 0.717) is 11.7 Å². The van der Waals surface area contributed by atoms with Gasteiger partial charge in [-0.15, -0.1) is 0 Å². The van der Waals surface area contributed by atoms with Gasteiger partial charge in [0.2, 0.25) is 0 Å². The van der Waals surface area contributed by atoms with Crippen molar-refractivity contribution in [1.82, 2.24) is 0 Å². The lowest BCUT2D eigenvalue weighted by Gasteiger charge is -2.24. The largest absolute Gasteiger partial charge is 0.294 e. The van der Waals surface area contributed by atoms with Crippen molar-refractivity contribution >= 4 is 28.4 Å². The Labute approximate surface area is 98.0 Å². The number of hydrogen-bond donors (Lipinski definition) is 0. The molecule has 1 aromatic rings. The van der Waals surface area contributed by atoms with Gasteiger partial charge in [-0.25, -0.2) is 0 Å². The van der Waals surface area contributed by atoms with Crippen molar-refractivity contribution in [1.29, 1.82) is 0 Å². The molecule has 0 unspecified atom stereocenters. The van der Waals surface area contributed by atoms with Gasteiger partial charge < -0.3 is 0 Å². The number of benzene rings is 1. The number of Topliss-reactive ketones (excluding diaryl/α,β-unsaturated/α-hetero) is 1. The highest BCUT2D eigenvalue weighted by Gasteiger charge is 2.21. The van der Waals surface area contributed by atoms with Crippen molar-refractivity contribution in [3.05, 3.63) is 33.4 Å². The van der Waals surface area contributed by atoms with E-state index in [1.54, 1.807) is 0 Å². The third-order valence-electron chi connectivity index (χ3n) is 2.85. The fraction of sp³-hybridized carbons (Fsp3) is 0.417. The van der Waals surface area contributed by atoms with Crippen LogP contribution in [0.5, 0.6) is 0 Å². The molecule has 0 aliphatic heterocycles. The summed E-state index contributed by atoms with van der Waals surface area (Å²) in [7, 11) is 0.